The Morgan fingerprint density at radius 1 is 1.62 bits per heavy atom. The molecule has 0 fully saturated rings. The van der Waals surface area contributed by atoms with Crippen molar-refractivity contribution in [3.63, 3.8) is 0 Å². The zero-order valence-corrected chi connectivity index (χ0v) is 11.1. The lowest BCUT2D eigenvalue weighted by molar-refractivity contribution is -0.137. The number of carbonyl (C=O) groups is 1. The number of rotatable bonds is 5. The topological polar surface area (TPSA) is 46.5 Å². The molecule has 1 aromatic rings. The molecule has 1 rings (SSSR count). The van der Waals surface area contributed by atoms with Crippen LogP contribution >= 0.6 is 27.5 Å². The van der Waals surface area contributed by atoms with Gasteiger partial charge in [-0.05, 0) is 31.5 Å². The number of aliphatic carboxylic acids is 1. The second kappa shape index (κ2) is 6.11. The summed E-state index contributed by atoms with van der Waals surface area (Å²) in [5, 5.41) is 9.06. The Bertz CT molecular complexity index is 381. The molecule has 0 aromatic heterocycles. The smallest absolute Gasteiger partial charge is 0.303 e. The van der Waals surface area contributed by atoms with Crippen molar-refractivity contribution < 1.29 is 14.6 Å². The van der Waals surface area contributed by atoms with Crippen LogP contribution in [0.1, 0.15) is 19.8 Å². The highest BCUT2D eigenvalue weighted by atomic mass is 79.9. The molecule has 0 saturated carbocycles. The van der Waals surface area contributed by atoms with Crippen molar-refractivity contribution in [2.24, 2.45) is 0 Å². The minimum atomic E-state index is -0.823. The largest absolute Gasteiger partial charge is 0.489 e. The van der Waals surface area contributed by atoms with Crippen LogP contribution in [-0.4, -0.2) is 17.2 Å². The third-order valence-corrected chi connectivity index (χ3v) is 2.79. The normalized spacial score (nSPS) is 12.2. The van der Waals surface area contributed by atoms with Gasteiger partial charge < -0.3 is 9.84 Å². The second-order valence-electron chi connectivity index (χ2n) is 3.44. The highest BCUT2D eigenvalue weighted by Gasteiger charge is 2.09. The van der Waals surface area contributed by atoms with Gasteiger partial charge in [-0.3, -0.25) is 4.79 Å². The summed E-state index contributed by atoms with van der Waals surface area (Å²) < 4.78 is 6.42. The summed E-state index contributed by atoms with van der Waals surface area (Å²) in [6, 6.07) is 5.31. The molecule has 0 aliphatic rings. The van der Waals surface area contributed by atoms with Crippen molar-refractivity contribution in [2.45, 2.75) is 25.9 Å². The Morgan fingerprint density at radius 3 is 2.94 bits per heavy atom. The molecule has 0 aliphatic heterocycles. The lowest BCUT2D eigenvalue weighted by atomic mass is 10.2. The molecule has 5 heteroatoms. The van der Waals surface area contributed by atoms with Crippen LogP contribution in [0.25, 0.3) is 0 Å². The minimum Gasteiger partial charge on any atom is -0.489 e. The molecule has 88 valence electrons. The third kappa shape index (κ3) is 4.41. The summed E-state index contributed by atoms with van der Waals surface area (Å²) in [7, 11) is 0. The predicted octanol–water partition coefficient (Wildman–Crippen LogP) is 3.73. The summed E-state index contributed by atoms with van der Waals surface area (Å²) >= 11 is 9.26. The fraction of sp³-hybridized carbons (Fsp3) is 0.364. The van der Waals surface area contributed by atoms with E-state index < -0.39 is 5.97 Å². The number of carboxylic acid groups (broad SMARTS) is 1. The van der Waals surface area contributed by atoms with E-state index in [2.05, 4.69) is 15.9 Å². The van der Waals surface area contributed by atoms with Crippen molar-refractivity contribution in [3.05, 3.63) is 27.7 Å². The first-order chi connectivity index (χ1) is 7.49. The number of carboxylic acids is 1. The maximum atomic E-state index is 10.4. The SMILES string of the molecule is CC(CCC(=O)O)Oc1cc(Br)ccc1Cl. The van der Waals surface area contributed by atoms with E-state index in [1.807, 2.05) is 13.0 Å². The zero-order valence-electron chi connectivity index (χ0n) is 8.74. The molecule has 0 bridgehead atoms. The van der Waals surface area contributed by atoms with E-state index >= 15 is 0 Å². The Labute approximate surface area is 107 Å². The van der Waals surface area contributed by atoms with Gasteiger partial charge in [0.1, 0.15) is 5.75 Å². The number of hydrogen-bond donors (Lipinski definition) is 1. The lowest BCUT2D eigenvalue weighted by Gasteiger charge is -2.15. The van der Waals surface area contributed by atoms with Gasteiger partial charge in [-0.15, -0.1) is 0 Å². The molecule has 1 N–H and O–H groups in total. The highest BCUT2D eigenvalue weighted by molar-refractivity contribution is 9.10. The van der Waals surface area contributed by atoms with E-state index in [9.17, 15) is 4.79 Å². The second-order valence-corrected chi connectivity index (χ2v) is 4.76. The molecule has 0 spiro atoms. The number of hydrogen-bond acceptors (Lipinski definition) is 2. The third-order valence-electron chi connectivity index (χ3n) is 1.99. The Kier molecular flexibility index (Phi) is 5.09. The molecular formula is C11H12BrClO3. The standard InChI is InChI=1S/C11H12BrClO3/c1-7(2-5-11(14)15)16-10-6-8(12)3-4-9(10)13/h3-4,6-7H,2,5H2,1H3,(H,14,15). The average molecular weight is 308 g/mol. The van der Waals surface area contributed by atoms with E-state index in [1.165, 1.54) is 0 Å². The molecule has 0 heterocycles. The first-order valence-corrected chi connectivity index (χ1v) is 5.99. The highest BCUT2D eigenvalue weighted by Crippen LogP contribution is 2.29. The summed E-state index contributed by atoms with van der Waals surface area (Å²) in [5.74, 6) is -0.260. The van der Waals surface area contributed by atoms with Crippen LogP contribution in [0, 0.1) is 0 Å². The fourth-order valence-corrected chi connectivity index (χ4v) is 1.67. The number of halogens is 2. The van der Waals surface area contributed by atoms with E-state index in [0.717, 1.165) is 4.47 Å². The van der Waals surface area contributed by atoms with E-state index in [0.29, 0.717) is 17.2 Å². The molecule has 16 heavy (non-hydrogen) atoms. The van der Waals surface area contributed by atoms with Crippen molar-refractivity contribution in [1.29, 1.82) is 0 Å². The number of benzene rings is 1. The molecule has 1 atom stereocenters. The average Bonchev–Trinajstić information content (AvgIpc) is 2.20. The van der Waals surface area contributed by atoms with E-state index in [1.54, 1.807) is 12.1 Å². The van der Waals surface area contributed by atoms with Gasteiger partial charge in [-0.1, -0.05) is 27.5 Å². The molecule has 1 unspecified atom stereocenters. The first kappa shape index (κ1) is 13.3. The van der Waals surface area contributed by atoms with Crippen LogP contribution in [0.15, 0.2) is 22.7 Å². The van der Waals surface area contributed by atoms with Gasteiger partial charge >= 0.3 is 5.97 Å². The van der Waals surface area contributed by atoms with Gasteiger partial charge in [0.05, 0.1) is 11.1 Å². The maximum Gasteiger partial charge on any atom is 0.303 e. The fourth-order valence-electron chi connectivity index (χ4n) is 1.17. The molecule has 3 nitrogen and oxygen atoms in total. The van der Waals surface area contributed by atoms with Gasteiger partial charge in [-0.2, -0.15) is 0 Å². The van der Waals surface area contributed by atoms with E-state index in [4.69, 9.17) is 21.4 Å². The molecule has 0 saturated heterocycles. The van der Waals surface area contributed by atoms with E-state index in [-0.39, 0.29) is 12.5 Å². The molecule has 0 aliphatic carbocycles. The van der Waals surface area contributed by atoms with Crippen molar-refractivity contribution in [2.75, 3.05) is 0 Å². The molecule has 0 amide bonds. The van der Waals surface area contributed by atoms with Gasteiger partial charge in [0.15, 0.2) is 0 Å². The van der Waals surface area contributed by atoms with Crippen LogP contribution in [0.2, 0.25) is 5.02 Å². The van der Waals surface area contributed by atoms with Crippen LogP contribution < -0.4 is 4.74 Å². The van der Waals surface area contributed by atoms with Crippen LogP contribution in [0.3, 0.4) is 0 Å². The zero-order chi connectivity index (χ0) is 12.1. The number of ether oxygens (including phenoxy) is 1. The molecular weight excluding hydrogens is 295 g/mol. The summed E-state index contributed by atoms with van der Waals surface area (Å²) in [4.78, 5) is 10.4. The van der Waals surface area contributed by atoms with Crippen LogP contribution in [0.4, 0.5) is 0 Å². The van der Waals surface area contributed by atoms with Crippen LogP contribution in [0.5, 0.6) is 5.75 Å². The van der Waals surface area contributed by atoms with Crippen molar-refractivity contribution in [1.82, 2.24) is 0 Å². The minimum absolute atomic E-state index is 0.0901. The maximum absolute atomic E-state index is 10.4. The van der Waals surface area contributed by atoms with Gasteiger partial charge in [0.25, 0.3) is 0 Å². The Hall–Kier alpha value is -0.740. The Balaban J connectivity index is 2.58. The van der Waals surface area contributed by atoms with Crippen LogP contribution in [-0.2, 0) is 4.79 Å². The van der Waals surface area contributed by atoms with Gasteiger partial charge in [-0.25, -0.2) is 0 Å². The van der Waals surface area contributed by atoms with Gasteiger partial charge in [0.2, 0.25) is 0 Å². The predicted molar refractivity (Wildman–Crippen MR) is 66.1 cm³/mol. The first-order valence-electron chi connectivity index (χ1n) is 4.82. The quantitative estimate of drug-likeness (QED) is 0.901. The monoisotopic (exact) mass is 306 g/mol. The van der Waals surface area contributed by atoms with Gasteiger partial charge in [0, 0.05) is 10.9 Å². The molecule has 0 radical (unpaired) electrons. The molecule has 1 aromatic carbocycles. The van der Waals surface area contributed by atoms with Crippen molar-refractivity contribution >= 4 is 33.5 Å². The summed E-state index contributed by atoms with van der Waals surface area (Å²) in [5.41, 5.74) is 0. The Morgan fingerprint density at radius 2 is 2.31 bits per heavy atom. The summed E-state index contributed by atoms with van der Waals surface area (Å²) in [6.07, 6.45) is 0.369. The summed E-state index contributed by atoms with van der Waals surface area (Å²) in [6.45, 7) is 1.82. The lowest BCUT2D eigenvalue weighted by Crippen LogP contribution is -2.13. The van der Waals surface area contributed by atoms with Crippen molar-refractivity contribution in [3.8, 4) is 5.75 Å².